The first kappa shape index (κ1) is 21.2. The molecule has 9 nitrogen and oxygen atoms in total. The number of aryl methyl sites for hydroxylation is 1. The quantitative estimate of drug-likeness (QED) is 0.556. The van der Waals surface area contributed by atoms with Crippen LogP contribution in [0, 0.1) is 0 Å². The van der Waals surface area contributed by atoms with Crippen molar-refractivity contribution < 1.29 is 34.1 Å². The summed E-state index contributed by atoms with van der Waals surface area (Å²) in [6, 6.07) is 6.53. The van der Waals surface area contributed by atoms with Gasteiger partial charge in [-0.1, -0.05) is 30.3 Å². The van der Waals surface area contributed by atoms with Gasteiger partial charge < -0.3 is 24.6 Å². The fourth-order valence-electron chi connectivity index (χ4n) is 3.88. The molecule has 2 fully saturated rings. The lowest BCUT2D eigenvalue weighted by Gasteiger charge is -2.29. The zero-order chi connectivity index (χ0) is 21.0. The van der Waals surface area contributed by atoms with Gasteiger partial charge in [0.15, 0.2) is 6.04 Å². The number of benzene rings is 1. The number of carbonyl (C=O) groups is 3. The number of carbonyl (C=O) groups excluding carboxylic acids is 1. The predicted octanol–water partition coefficient (Wildman–Crippen LogP) is 0.130. The molecule has 2 aliphatic rings. The van der Waals surface area contributed by atoms with E-state index in [9.17, 15) is 24.6 Å². The molecule has 1 aromatic rings. The van der Waals surface area contributed by atoms with Crippen molar-refractivity contribution in [3.05, 3.63) is 35.9 Å². The van der Waals surface area contributed by atoms with Crippen molar-refractivity contribution in [3.8, 4) is 0 Å². The summed E-state index contributed by atoms with van der Waals surface area (Å²) in [5.41, 5.74) is 1.00. The molecule has 3 N–H and O–H groups in total. The van der Waals surface area contributed by atoms with Gasteiger partial charge in [-0.15, -0.1) is 0 Å². The molecule has 1 aromatic carbocycles. The highest BCUT2D eigenvalue weighted by molar-refractivity contribution is 5.88. The van der Waals surface area contributed by atoms with Crippen molar-refractivity contribution in [1.82, 2.24) is 10.2 Å². The van der Waals surface area contributed by atoms with Crippen molar-refractivity contribution in [1.29, 1.82) is 0 Å². The number of fused-ring (bicyclic) bond motifs is 1. The van der Waals surface area contributed by atoms with Gasteiger partial charge in [-0.2, -0.15) is 0 Å². The van der Waals surface area contributed by atoms with Crippen molar-refractivity contribution in [3.63, 3.8) is 0 Å². The number of hydrogen-bond acceptors (Lipinski definition) is 6. The summed E-state index contributed by atoms with van der Waals surface area (Å²) >= 11 is 0. The summed E-state index contributed by atoms with van der Waals surface area (Å²) in [5.74, 6) is -2.70. The molecule has 0 aromatic heterocycles. The number of rotatable bonds is 8. The molecule has 0 bridgehead atoms. The predicted molar refractivity (Wildman–Crippen MR) is 101 cm³/mol. The first-order valence-electron chi connectivity index (χ1n) is 9.67. The van der Waals surface area contributed by atoms with Gasteiger partial charge in [-0.25, -0.2) is 4.79 Å². The molecular weight excluding hydrogens is 380 g/mol. The normalized spacial score (nSPS) is 25.8. The Kier molecular flexibility index (Phi) is 6.83. The van der Waals surface area contributed by atoms with Gasteiger partial charge in [0.2, 0.25) is 5.91 Å². The number of carboxylic acid groups (broad SMARTS) is 2. The zero-order valence-electron chi connectivity index (χ0n) is 16.2. The average molecular weight is 406 g/mol. The summed E-state index contributed by atoms with van der Waals surface area (Å²) in [6.07, 6.45) is -0.365. The third-order valence-corrected chi connectivity index (χ3v) is 5.34. The van der Waals surface area contributed by atoms with Gasteiger partial charge in [-0.3, -0.25) is 14.9 Å². The fourth-order valence-corrected chi connectivity index (χ4v) is 3.88. The Labute approximate surface area is 168 Å². The van der Waals surface area contributed by atoms with Crippen molar-refractivity contribution >= 4 is 17.8 Å². The van der Waals surface area contributed by atoms with Gasteiger partial charge in [-0.05, 0) is 25.3 Å². The minimum atomic E-state index is -1.16. The second-order valence-corrected chi connectivity index (χ2v) is 7.32. The van der Waals surface area contributed by atoms with E-state index in [1.165, 1.54) is 4.90 Å². The molecule has 0 saturated carbocycles. The maximum atomic E-state index is 12.9. The molecule has 29 heavy (non-hydrogen) atoms. The minimum absolute atomic E-state index is 0.105. The number of hydrogen-bond donors (Lipinski definition) is 3. The van der Waals surface area contributed by atoms with E-state index in [2.05, 4.69) is 5.32 Å². The van der Waals surface area contributed by atoms with Crippen LogP contribution in [0.1, 0.15) is 18.9 Å². The minimum Gasteiger partial charge on any atom is -0.480 e. The SMILES string of the molecule is C[C@H](NC(CCc1ccccc1)C(=O)O)C(=O)N1CC2OCCOC2C1C(=O)O. The lowest BCUT2D eigenvalue weighted by Crippen LogP contribution is -2.54. The Morgan fingerprint density at radius 1 is 1.17 bits per heavy atom. The summed E-state index contributed by atoms with van der Waals surface area (Å²) < 4.78 is 11.1. The number of aliphatic carboxylic acids is 2. The number of nitrogens with one attached hydrogen (secondary N) is 1. The summed E-state index contributed by atoms with van der Waals surface area (Å²) in [4.78, 5) is 37.5. The smallest absolute Gasteiger partial charge is 0.329 e. The van der Waals surface area contributed by atoms with Crippen LogP contribution in [0.15, 0.2) is 30.3 Å². The molecule has 1 amide bonds. The van der Waals surface area contributed by atoms with Gasteiger partial charge >= 0.3 is 11.9 Å². The highest BCUT2D eigenvalue weighted by Gasteiger charge is 2.51. The molecule has 2 aliphatic heterocycles. The van der Waals surface area contributed by atoms with E-state index in [1.807, 2.05) is 30.3 Å². The van der Waals surface area contributed by atoms with E-state index < -0.39 is 48.2 Å². The number of nitrogens with zero attached hydrogens (tertiary/aromatic N) is 1. The Morgan fingerprint density at radius 3 is 2.52 bits per heavy atom. The first-order chi connectivity index (χ1) is 13.9. The maximum Gasteiger partial charge on any atom is 0.329 e. The molecule has 4 unspecified atom stereocenters. The van der Waals surface area contributed by atoms with Crippen molar-refractivity contribution in [2.45, 2.75) is 50.1 Å². The zero-order valence-corrected chi connectivity index (χ0v) is 16.2. The second-order valence-electron chi connectivity index (χ2n) is 7.32. The fraction of sp³-hybridized carbons (Fsp3) is 0.550. The Balaban J connectivity index is 1.64. The Bertz CT molecular complexity index is 742. The van der Waals surface area contributed by atoms with E-state index in [4.69, 9.17) is 9.47 Å². The molecular formula is C20H26N2O7. The highest BCUT2D eigenvalue weighted by atomic mass is 16.6. The third kappa shape index (κ3) is 4.92. The molecule has 158 valence electrons. The molecule has 0 radical (unpaired) electrons. The van der Waals surface area contributed by atoms with Gasteiger partial charge in [0.1, 0.15) is 18.2 Å². The van der Waals surface area contributed by atoms with E-state index in [0.717, 1.165) is 5.56 Å². The number of ether oxygens (including phenoxy) is 2. The average Bonchev–Trinajstić information content (AvgIpc) is 3.10. The van der Waals surface area contributed by atoms with E-state index in [-0.39, 0.29) is 13.2 Å². The van der Waals surface area contributed by atoms with Gasteiger partial charge in [0.05, 0.1) is 25.8 Å². The van der Waals surface area contributed by atoms with Gasteiger partial charge in [0, 0.05) is 0 Å². The lowest BCUT2D eigenvalue weighted by molar-refractivity contribution is -0.160. The number of likely N-dealkylation sites (tertiary alicyclic amines) is 1. The van der Waals surface area contributed by atoms with Gasteiger partial charge in [0.25, 0.3) is 0 Å². The number of amides is 1. The van der Waals surface area contributed by atoms with Crippen LogP contribution in [0.2, 0.25) is 0 Å². The topological polar surface area (TPSA) is 125 Å². The van der Waals surface area contributed by atoms with Crippen LogP contribution in [0.25, 0.3) is 0 Å². The molecule has 0 spiro atoms. The summed E-state index contributed by atoms with van der Waals surface area (Å²) in [5, 5.41) is 22.0. The van der Waals surface area contributed by atoms with E-state index >= 15 is 0 Å². The van der Waals surface area contributed by atoms with Crippen LogP contribution in [0.5, 0.6) is 0 Å². The Morgan fingerprint density at radius 2 is 1.86 bits per heavy atom. The summed E-state index contributed by atoms with van der Waals surface area (Å²) in [7, 11) is 0. The molecule has 9 heteroatoms. The molecule has 2 heterocycles. The second kappa shape index (κ2) is 9.34. The molecule has 0 aliphatic carbocycles. The molecule has 3 rings (SSSR count). The first-order valence-corrected chi connectivity index (χ1v) is 9.67. The van der Waals surface area contributed by atoms with Crippen LogP contribution < -0.4 is 5.32 Å². The maximum absolute atomic E-state index is 12.9. The van der Waals surface area contributed by atoms with Crippen LogP contribution in [-0.4, -0.2) is 83.1 Å². The van der Waals surface area contributed by atoms with E-state index in [0.29, 0.717) is 19.4 Å². The highest BCUT2D eigenvalue weighted by Crippen LogP contribution is 2.27. The van der Waals surface area contributed by atoms with Crippen molar-refractivity contribution in [2.75, 3.05) is 19.8 Å². The molecule has 5 atom stereocenters. The standard InChI is InChI=1S/C20H26N2O7/c1-12(21-14(19(24)25)8-7-13-5-3-2-4-6-13)18(23)22-11-15-17(16(22)20(26)27)29-10-9-28-15/h2-6,12,14-17,21H,7-11H2,1H3,(H,24,25)(H,26,27)/t12-,14?,15?,16?,17?/m0/s1. The monoisotopic (exact) mass is 406 g/mol. The largest absolute Gasteiger partial charge is 0.480 e. The molecule has 2 saturated heterocycles. The van der Waals surface area contributed by atoms with Crippen LogP contribution in [0.4, 0.5) is 0 Å². The lowest BCUT2D eigenvalue weighted by atomic mass is 10.0. The van der Waals surface area contributed by atoms with Crippen LogP contribution in [0.3, 0.4) is 0 Å². The van der Waals surface area contributed by atoms with Crippen LogP contribution >= 0.6 is 0 Å². The number of carboxylic acids is 2. The van der Waals surface area contributed by atoms with E-state index in [1.54, 1.807) is 6.92 Å². The van der Waals surface area contributed by atoms with Crippen molar-refractivity contribution in [2.24, 2.45) is 0 Å². The third-order valence-electron chi connectivity index (χ3n) is 5.34. The Hall–Kier alpha value is -2.49. The summed E-state index contributed by atoms with van der Waals surface area (Å²) in [6.45, 7) is 2.28. The van der Waals surface area contributed by atoms with Crippen LogP contribution in [-0.2, 0) is 30.3 Å².